The molecule has 104 valence electrons. The molecular formula is C13H11BrFN3O2. The van der Waals surface area contributed by atoms with E-state index in [2.05, 4.69) is 26.2 Å². The standard InChI is InChI=1S/C13H11BrFN3O2/c1-8-6-16-3-2-9(8)7-17-12-5-11(15)10(14)4-13(12)18(19)20/h2-6,17H,7H2,1H3. The highest BCUT2D eigenvalue weighted by molar-refractivity contribution is 9.10. The van der Waals surface area contributed by atoms with Gasteiger partial charge in [0.15, 0.2) is 0 Å². The number of nitro benzene ring substituents is 1. The summed E-state index contributed by atoms with van der Waals surface area (Å²) in [4.78, 5) is 14.4. The van der Waals surface area contributed by atoms with Gasteiger partial charge in [-0.25, -0.2) is 4.39 Å². The largest absolute Gasteiger partial charge is 0.375 e. The molecule has 0 saturated carbocycles. The normalized spacial score (nSPS) is 10.3. The predicted molar refractivity (Wildman–Crippen MR) is 77.1 cm³/mol. The fraction of sp³-hybridized carbons (Fsp3) is 0.154. The zero-order valence-corrected chi connectivity index (χ0v) is 12.1. The number of aromatic nitrogens is 1. The zero-order valence-electron chi connectivity index (χ0n) is 10.6. The Morgan fingerprint density at radius 2 is 2.25 bits per heavy atom. The van der Waals surface area contributed by atoms with E-state index in [1.54, 1.807) is 12.4 Å². The van der Waals surface area contributed by atoms with Gasteiger partial charge in [0.1, 0.15) is 11.5 Å². The third-order valence-electron chi connectivity index (χ3n) is 2.84. The summed E-state index contributed by atoms with van der Waals surface area (Å²) >= 11 is 2.94. The molecule has 0 aliphatic rings. The second kappa shape index (κ2) is 5.96. The van der Waals surface area contributed by atoms with E-state index in [1.807, 2.05) is 13.0 Å². The fourth-order valence-corrected chi connectivity index (χ4v) is 2.05. The molecule has 1 heterocycles. The molecule has 0 aliphatic carbocycles. The van der Waals surface area contributed by atoms with Crippen LogP contribution in [0.5, 0.6) is 0 Å². The molecule has 0 fully saturated rings. The third-order valence-corrected chi connectivity index (χ3v) is 3.45. The molecule has 0 atom stereocenters. The van der Waals surface area contributed by atoms with Crippen molar-refractivity contribution in [1.82, 2.24) is 4.98 Å². The molecule has 0 spiro atoms. The molecule has 0 saturated heterocycles. The first-order valence-electron chi connectivity index (χ1n) is 5.76. The summed E-state index contributed by atoms with van der Waals surface area (Å²) in [5.41, 5.74) is 1.87. The van der Waals surface area contributed by atoms with Crippen LogP contribution in [0.25, 0.3) is 0 Å². The van der Waals surface area contributed by atoms with E-state index in [4.69, 9.17) is 0 Å². The minimum atomic E-state index is -0.551. The zero-order chi connectivity index (χ0) is 14.7. The second-order valence-corrected chi connectivity index (χ2v) is 5.05. The average molecular weight is 340 g/mol. The van der Waals surface area contributed by atoms with Gasteiger partial charge in [-0.3, -0.25) is 15.1 Å². The number of benzene rings is 1. The maximum Gasteiger partial charge on any atom is 0.293 e. The number of rotatable bonds is 4. The molecule has 1 aromatic carbocycles. The van der Waals surface area contributed by atoms with Crippen molar-refractivity contribution >= 4 is 27.3 Å². The molecule has 0 bridgehead atoms. The number of anilines is 1. The third kappa shape index (κ3) is 3.11. The number of aryl methyl sites for hydroxylation is 1. The Kier molecular flexibility index (Phi) is 4.29. The maximum atomic E-state index is 13.5. The molecule has 7 heteroatoms. The van der Waals surface area contributed by atoms with Gasteiger partial charge >= 0.3 is 0 Å². The highest BCUT2D eigenvalue weighted by atomic mass is 79.9. The van der Waals surface area contributed by atoms with Crippen molar-refractivity contribution in [2.24, 2.45) is 0 Å². The summed E-state index contributed by atoms with van der Waals surface area (Å²) in [7, 11) is 0. The van der Waals surface area contributed by atoms with Crippen LogP contribution < -0.4 is 5.32 Å². The summed E-state index contributed by atoms with van der Waals surface area (Å²) < 4.78 is 13.6. The lowest BCUT2D eigenvalue weighted by molar-refractivity contribution is -0.384. The van der Waals surface area contributed by atoms with E-state index in [0.29, 0.717) is 6.54 Å². The van der Waals surface area contributed by atoms with Gasteiger partial charge in [-0.2, -0.15) is 0 Å². The summed E-state index contributed by atoms with van der Waals surface area (Å²) in [6.45, 7) is 2.25. The van der Waals surface area contributed by atoms with Gasteiger partial charge in [-0.05, 0) is 40.0 Å². The monoisotopic (exact) mass is 339 g/mol. The van der Waals surface area contributed by atoms with Gasteiger partial charge in [0.2, 0.25) is 0 Å². The summed E-state index contributed by atoms with van der Waals surface area (Å²) in [6.07, 6.45) is 3.34. The Hall–Kier alpha value is -2.02. The van der Waals surface area contributed by atoms with Crippen LogP contribution >= 0.6 is 15.9 Å². The maximum absolute atomic E-state index is 13.5. The van der Waals surface area contributed by atoms with Gasteiger partial charge in [-0.1, -0.05) is 0 Å². The Labute approximate surface area is 123 Å². The Morgan fingerprint density at radius 3 is 2.90 bits per heavy atom. The number of pyridine rings is 1. The number of hydrogen-bond donors (Lipinski definition) is 1. The van der Waals surface area contributed by atoms with Crippen molar-refractivity contribution in [3.8, 4) is 0 Å². The molecule has 20 heavy (non-hydrogen) atoms. The van der Waals surface area contributed by atoms with Gasteiger partial charge in [0.25, 0.3) is 5.69 Å². The first-order valence-corrected chi connectivity index (χ1v) is 6.55. The van der Waals surface area contributed by atoms with Crippen LogP contribution in [-0.4, -0.2) is 9.91 Å². The molecule has 0 radical (unpaired) electrons. The molecule has 1 aromatic heterocycles. The highest BCUT2D eigenvalue weighted by Crippen LogP contribution is 2.31. The minimum absolute atomic E-state index is 0.0647. The smallest absolute Gasteiger partial charge is 0.293 e. The van der Waals surface area contributed by atoms with E-state index in [0.717, 1.165) is 23.3 Å². The van der Waals surface area contributed by atoms with Gasteiger partial charge in [0, 0.05) is 31.1 Å². The molecule has 0 amide bonds. The lowest BCUT2D eigenvalue weighted by atomic mass is 10.1. The van der Waals surface area contributed by atoms with E-state index in [-0.39, 0.29) is 15.8 Å². The summed E-state index contributed by atoms with van der Waals surface area (Å²) in [5, 5.41) is 13.9. The first kappa shape index (κ1) is 14.4. The number of nitrogens with zero attached hydrogens (tertiary/aromatic N) is 2. The van der Waals surface area contributed by atoms with E-state index in [1.165, 1.54) is 0 Å². The average Bonchev–Trinajstić information content (AvgIpc) is 2.41. The number of halogens is 2. The second-order valence-electron chi connectivity index (χ2n) is 4.20. The number of hydrogen-bond acceptors (Lipinski definition) is 4. The Morgan fingerprint density at radius 1 is 1.50 bits per heavy atom. The van der Waals surface area contributed by atoms with Crippen molar-refractivity contribution in [2.45, 2.75) is 13.5 Å². The minimum Gasteiger partial charge on any atom is -0.375 e. The molecule has 1 N–H and O–H groups in total. The summed E-state index contributed by atoms with van der Waals surface area (Å²) in [6, 6.07) is 4.07. The highest BCUT2D eigenvalue weighted by Gasteiger charge is 2.17. The Bertz CT molecular complexity index is 664. The van der Waals surface area contributed by atoms with Gasteiger partial charge in [0.05, 0.1) is 9.40 Å². The quantitative estimate of drug-likeness (QED) is 0.679. The van der Waals surface area contributed by atoms with Crippen molar-refractivity contribution in [3.63, 3.8) is 0 Å². The van der Waals surface area contributed by atoms with Crippen molar-refractivity contribution in [3.05, 3.63) is 62.1 Å². The topological polar surface area (TPSA) is 68.1 Å². The predicted octanol–water partition coefficient (Wildman–Crippen LogP) is 3.81. The van der Waals surface area contributed by atoms with Crippen LogP contribution in [0.4, 0.5) is 15.8 Å². The van der Waals surface area contributed by atoms with Crippen molar-refractivity contribution in [1.29, 1.82) is 0 Å². The van der Waals surface area contributed by atoms with Crippen LogP contribution in [0.2, 0.25) is 0 Å². The molecular weight excluding hydrogens is 329 g/mol. The van der Waals surface area contributed by atoms with E-state index >= 15 is 0 Å². The van der Waals surface area contributed by atoms with Crippen LogP contribution in [-0.2, 0) is 6.54 Å². The van der Waals surface area contributed by atoms with Crippen LogP contribution in [0.1, 0.15) is 11.1 Å². The van der Waals surface area contributed by atoms with E-state index < -0.39 is 10.7 Å². The lowest BCUT2D eigenvalue weighted by Crippen LogP contribution is -2.05. The van der Waals surface area contributed by atoms with E-state index in [9.17, 15) is 14.5 Å². The molecule has 0 aliphatic heterocycles. The summed E-state index contributed by atoms with van der Waals surface area (Å²) in [5.74, 6) is -0.551. The van der Waals surface area contributed by atoms with Crippen LogP contribution in [0.3, 0.4) is 0 Å². The molecule has 5 nitrogen and oxygen atoms in total. The molecule has 2 aromatic rings. The first-order chi connectivity index (χ1) is 9.49. The molecule has 0 unspecified atom stereocenters. The Balaban J connectivity index is 2.27. The van der Waals surface area contributed by atoms with Gasteiger partial charge in [-0.15, -0.1) is 0 Å². The van der Waals surface area contributed by atoms with Crippen molar-refractivity contribution in [2.75, 3.05) is 5.32 Å². The number of nitrogens with one attached hydrogen (secondary N) is 1. The van der Waals surface area contributed by atoms with Crippen LogP contribution in [0, 0.1) is 22.9 Å². The fourth-order valence-electron chi connectivity index (χ4n) is 1.72. The van der Waals surface area contributed by atoms with Crippen LogP contribution in [0.15, 0.2) is 35.1 Å². The van der Waals surface area contributed by atoms with Crippen molar-refractivity contribution < 1.29 is 9.31 Å². The lowest BCUT2D eigenvalue weighted by Gasteiger charge is -2.09. The number of nitro groups is 1. The van der Waals surface area contributed by atoms with Gasteiger partial charge < -0.3 is 5.32 Å². The SMILES string of the molecule is Cc1cnccc1CNc1cc(F)c(Br)cc1[N+](=O)[O-]. The molecule has 2 rings (SSSR count).